The average Bonchev–Trinajstić information content (AvgIpc) is 2.82. The van der Waals surface area contributed by atoms with E-state index in [1.54, 1.807) is 6.20 Å². The van der Waals surface area contributed by atoms with Crippen molar-refractivity contribution in [1.29, 1.82) is 0 Å². The standard InChI is InChI=1S/C16H22N2O/c1-5-10-18-15(8-9-17-18)16(4,19)14-7-6-12(2)13(3)11-14/h6-9,11,19H,5,10H2,1-4H3. The Bertz CT molecular complexity index is 570. The third kappa shape index (κ3) is 2.56. The molecule has 3 nitrogen and oxygen atoms in total. The molecule has 0 amide bonds. The zero-order valence-electron chi connectivity index (χ0n) is 12.1. The van der Waals surface area contributed by atoms with Crippen LogP contribution in [0, 0.1) is 13.8 Å². The smallest absolute Gasteiger partial charge is 0.128 e. The van der Waals surface area contributed by atoms with Gasteiger partial charge in [-0.3, -0.25) is 4.68 Å². The molecule has 19 heavy (non-hydrogen) atoms. The summed E-state index contributed by atoms with van der Waals surface area (Å²) in [5.74, 6) is 0. The Morgan fingerprint density at radius 3 is 2.58 bits per heavy atom. The van der Waals surface area contributed by atoms with E-state index in [4.69, 9.17) is 0 Å². The highest BCUT2D eigenvalue weighted by Crippen LogP contribution is 2.30. The number of aryl methyl sites for hydroxylation is 3. The van der Waals surface area contributed by atoms with E-state index in [1.165, 1.54) is 11.1 Å². The maximum Gasteiger partial charge on any atom is 0.128 e. The quantitative estimate of drug-likeness (QED) is 0.914. The number of hydrogen-bond donors (Lipinski definition) is 1. The van der Waals surface area contributed by atoms with Crippen molar-refractivity contribution in [2.24, 2.45) is 0 Å². The lowest BCUT2D eigenvalue weighted by Crippen LogP contribution is -2.27. The van der Waals surface area contributed by atoms with Crippen LogP contribution in [0.3, 0.4) is 0 Å². The van der Waals surface area contributed by atoms with Gasteiger partial charge in [-0.1, -0.05) is 25.1 Å². The van der Waals surface area contributed by atoms with Gasteiger partial charge in [0.05, 0.1) is 5.69 Å². The van der Waals surface area contributed by atoms with Gasteiger partial charge in [0.15, 0.2) is 0 Å². The Balaban J connectivity index is 2.45. The molecule has 0 saturated carbocycles. The molecule has 2 rings (SSSR count). The molecule has 1 atom stereocenters. The predicted molar refractivity (Wildman–Crippen MR) is 77.1 cm³/mol. The Hall–Kier alpha value is -1.61. The van der Waals surface area contributed by atoms with Gasteiger partial charge in [0, 0.05) is 12.7 Å². The molecule has 0 fully saturated rings. The molecule has 1 N–H and O–H groups in total. The lowest BCUT2D eigenvalue weighted by Gasteiger charge is -2.25. The minimum Gasteiger partial charge on any atom is -0.379 e. The number of rotatable bonds is 4. The summed E-state index contributed by atoms with van der Waals surface area (Å²) in [5.41, 5.74) is 3.18. The monoisotopic (exact) mass is 258 g/mol. The number of aromatic nitrogens is 2. The van der Waals surface area contributed by atoms with Crippen LogP contribution in [0.2, 0.25) is 0 Å². The zero-order chi connectivity index (χ0) is 14.0. The first-order valence-electron chi connectivity index (χ1n) is 6.79. The molecule has 0 spiro atoms. The Kier molecular flexibility index (Phi) is 3.76. The maximum atomic E-state index is 10.9. The molecular weight excluding hydrogens is 236 g/mol. The molecular formula is C16H22N2O. The highest BCUT2D eigenvalue weighted by Gasteiger charge is 2.29. The van der Waals surface area contributed by atoms with Crippen molar-refractivity contribution in [1.82, 2.24) is 9.78 Å². The second kappa shape index (κ2) is 5.17. The zero-order valence-corrected chi connectivity index (χ0v) is 12.1. The first-order chi connectivity index (χ1) is 8.96. The van der Waals surface area contributed by atoms with E-state index in [-0.39, 0.29) is 0 Å². The van der Waals surface area contributed by atoms with Crippen LogP contribution in [0.5, 0.6) is 0 Å². The van der Waals surface area contributed by atoms with E-state index in [0.29, 0.717) is 0 Å². The van der Waals surface area contributed by atoms with Crippen LogP contribution in [-0.2, 0) is 12.1 Å². The fourth-order valence-corrected chi connectivity index (χ4v) is 2.33. The van der Waals surface area contributed by atoms with Gasteiger partial charge in [-0.25, -0.2) is 0 Å². The molecule has 0 aliphatic rings. The van der Waals surface area contributed by atoms with E-state index in [2.05, 4.69) is 38.0 Å². The van der Waals surface area contributed by atoms with Gasteiger partial charge >= 0.3 is 0 Å². The van der Waals surface area contributed by atoms with Gasteiger partial charge in [-0.15, -0.1) is 0 Å². The first kappa shape index (κ1) is 13.8. The maximum absolute atomic E-state index is 10.9. The average molecular weight is 258 g/mol. The van der Waals surface area contributed by atoms with Crippen LogP contribution in [0.4, 0.5) is 0 Å². The summed E-state index contributed by atoms with van der Waals surface area (Å²) in [4.78, 5) is 0. The normalized spacial score (nSPS) is 14.4. The molecule has 1 unspecified atom stereocenters. The van der Waals surface area contributed by atoms with Gasteiger partial charge in [0.2, 0.25) is 0 Å². The third-order valence-corrected chi connectivity index (χ3v) is 3.72. The van der Waals surface area contributed by atoms with Crippen LogP contribution in [0.25, 0.3) is 0 Å². The van der Waals surface area contributed by atoms with Crippen molar-refractivity contribution in [2.45, 2.75) is 46.3 Å². The van der Waals surface area contributed by atoms with Crippen LogP contribution < -0.4 is 0 Å². The van der Waals surface area contributed by atoms with E-state index in [0.717, 1.165) is 24.2 Å². The number of nitrogens with zero attached hydrogens (tertiary/aromatic N) is 2. The highest BCUT2D eigenvalue weighted by atomic mass is 16.3. The largest absolute Gasteiger partial charge is 0.379 e. The number of benzene rings is 1. The van der Waals surface area contributed by atoms with Crippen LogP contribution in [0.1, 0.15) is 42.7 Å². The lowest BCUT2D eigenvalue weighted by atomic mass is 9.90. The van der Waals surface area contributed by atoms with E-state index >= 15 is 0 Å². The van der Waals surface area contributed by atoms with Crippen molar-refractivity contribution >= 4 is 0 Å². The second-order valence-corrected chi connectivity index (χ2v) is 5.31. The summed E-state index contributed by atoms with van der Waals surface area (Å²) in [6, 6.07) is 7.99. The molecule has 3 heteroatoms. The Morgan fingerprint density at radius 2 is 1.95 bits per heavy atom. The van der Waals surface area contributed by atoms with Crippen molar-refractivity contribution in [2.75, 3.05) is 0 Å². The fourth-order valence-electron chi connectivity index (χ4n) is 2.33. The fraction of sp³-hybridized carbons (Fsp3) is 0.438. The van der Waals surface area contributed by atoms with Crippen molar-refractivity contribution < 1.29 is 5.11 Å². The topological polar surface area (TPSA) is 38.0 Å². The third-order valence-electron chi connectivity index (χ3n) is 3.72. The summed E-state index contributed by atoms with van der Waals surface area (Å²) >= 11 is 0. The second-order valence-electron chi connectivity index (χ2n) is 5.31. The van der Waals surface area contributed by atoms with Crippen molar-refractivity contribution in [3.8, 4) is 0 Å². The Morgan fingerprint density at radius 1 is 1.21 bits per heavy atom. The van der Waals surface area contributed by atoms with Crippen LogP contribution >= 0.6 is 0 Å². The summed E-state index contributed by atoms with van der Waals surface area (Å²) in [6.45, 7) is 8.91. The van der Waals surface area contributed by atoms with Gasteiger partial charge in [0.25, 0.3) is 0 Å². The molecule has 0 bridgehead atoms. The molecule has 1 aromatic heterocycles. The summed E-state index contributed by atoms with van der Waals surface area (Å²) in [6.07, 6.45) is 2.75. The summed E-state index contributed by atoms with van der Waals surface area (Å²) < 4.78 is 1.88. The van der Waals surface area contributed by atoms with Crippen molar-refractivity contribution in [3.63, 3.8) is 0 Å². The van der Waals surface area contributed by atoms with Gasteiger partial charge in [0.1, 0.15) is 5.60 Å². The molecule has 1 aromatic carbocycles. The van der Waals surface area contributed by atoms with E-state index in [1.807, 2.05) is 23.7 Å². The van der Waals surface area contributed by atoms with Gasteiger partial charge in [-0.2, -0.15) is 5.10 Å². The first-order valence-corrected chi connectivity index (χ1v) is 6.79. The molecule has 0 aliphatic carbocycles. The van der Waals surface area contributed by atoms with E-state index in [9.17, 15) is 5.11 Å². The lowest BCUT2D eigenvalue weighted by molar-refractivity contribution is 0.0913. The predicted octanol–water partition coefficient (Wildman–Crippen LogP) is 3.17. The number of hydrogen-bond acceptors (Lipinski definition) is 2. The summed E-state index contributed by atoms with van der Waals surface area (Å²) in [7, 11) is 0. The Labute approximate surface area is 114 Å². The number of aliphatic hydroxyl groups is 1. The van der Waals surface area contributed by atoms with Gasteiger partial charge < -0.3 is 5.11 Å². The van der Waals surface area contributed by atoms with Crippen molar-refractivity contribution in [3.05, 3.63) is 52.8 Å². The minimum atomic E-state index is -1.01. The molecule has 0 saturated heterocycles. The van der Waals surface area contributed by atoms with Crippen LogP contribution in [-0.4, -0.2) is 14.9 Å². The summed E-state index contributed by atoms with van der Waals surface area (Å²) in [5, 5.41) is 15.2. The highest BCUT2D eigenvalue weighted by molar-refractivity contribution is 5.37. The molecule has 0 radical (unpaired) electrons. The van der Waals surface area contributed by atoms with Crippen LogP contribution in [0.15, 0.2) is 30.5 Å². The SMILES string of the molecule is CCCn1nccc1C(C)(O)c1ccc(C)c(C)c1. The minimum absolute atomic E-state index is 0.823. The molecule has 1 heterocycles. The van der Waals surface area contributed by atoms with Gasteiger partial charge in [-0.05, 0) is 49.9 Å². The molecule has 2 aromatic rings. The molecule has 102 valence electrons. The van der Waals surface area contributed by atoms with E-state index < -0.39 is 5.60 Å². The molecule has 0 aliphatic heterocycles.